The summed E-state index contributed by atoms with van der Waals surface area (Å²) in [6, 6.07) is 11.2. The van der Waals surface area contributed by atoms with Gasteiger partial charge in [-0.15, -0.1) is 0 Å². The highest BCUT2D eigenvalue weighted by molar-refractivity contribution is 5.93. The minimum absolute atomic E-state index is 0.200. The highest BCUT2D eigenvalue weighted by Crippen LogP contribution is 2.24. The molecule has 1 atom stereocenters. The summed E-state index contributed by atoms with van der Waals surface area (Å²) in [5.74, 6) is 0.369. The summed E-state index contributed by atoms with van der Waals surface area (Å²) in [4.78, 5) is 13.9. The number of hydrogen-bond acceptors (Lipinski definition) is 4. The second-order valence-corrected chi connectivity index (χ2v) is 5.42. The molecule has 0 aliphatic carbocycles. The van der Waals surface area contributed by atoms with Crippen LogP contribution in [0.2, 0.25) is 0 Å². The first-order chi connectivity index (χ1) is 9.55. The number of likely N-dealkylation sites (tertiary alicyclic amines) is 1. The summed E-state index contributed by atoms with van der Waals surface area (Å²) in [6.45, 7) is 2.61. The quantitative estimate of drug-likeness (QED) is 0.907. The van der Waals surface area contributed by atoms with E-state index in [0.29, 0.717) is 25.3 Å². The van der Waals surface area contributed by atoms with E-state index in [2.05, 4.69) is 5.16 Å². The molecule has 1 fully saturated rings. The molecule has 1 unspecified atom stereocenters. The summed E-state index contributed by atoms with van der Waals surface area (Å²) in [5, 5.41) is 13.7. The van der Waals surface area contributed by atoms with Crippen molar-refractivity contribution < 1.29 is 14.4 Å². The fraction of sp³-hybridized carbons (Fsp3) is 0.333. The Balaban J connectivity index is 1.79. The van der Waals surface area contributed by atoms with E-state index < -0.39 is 5.60 Å². The van der Waals surface area contributed by atoms with Crippen LogP contribution in [-0.4, -0.2) is 39.8 Å². The number of rotatable bonds is 2. The van der Waals surface area contributed by atoms with Gasteiger partial charge in [-0.05, 0) is 13.3 Å². The van der Waals surface area contributed by atoms with Gasteiger partial charge in [-0.1, -0.05) is 35.5 Å². The van der Waals surface area contributed by atoms with Gasteiger partial charge in [0.25, 0.3) is 5.91 Å². The van der Waals surface area contributed by atoms with Crippen LogP contribution in [0.3, 0.4) is 0 Å². The second kappa shape index (κ2) is 4.76. The van der Waals surface area contributed by atoms with Crippen molar-refractivity contribution in [3.63, 3.8) is 0 Å². The molecule has 2 aromatic rings. The van der Waals surface area contributed by atoms with Gasteiger partial charge in [0, 0.05) is 24.7 Å². The molecule has 1 N–H and O–H groups in total. The molecule has 1 aromatic heterocycles. The largest absolute Gasteiger partial charge is 0.388 e. The molecular weight excluding hydrogens is 256 g/mol. The van der Waals surface area contributed by atoms with Crippen LogP contribution in [0.4, 0.5) is 0 Å². The lowest BCUT2D eigenvalue weighted by atomic mass is 10.1. The highest BCUT2D eigenvalue weighted by Gasteiger charge is 2.35. The number of benzene rings is 1. The van der Waals surface area contributed by atoms with Crippen molar-refractivity contribution in [1.82, 2.24) is 10.1 Å². The van der Waals surface area contributed by atoms with Crippen LogP contribution in [-0.2, 0) is 0 Å². The highest BCUT2D eigenvalue weighted by atomic mass is 16.5. The fourth-order valence-corrected chi connectivity index (χ4v) is 2.39. The smallest absolute Gasteiger partial charge is 0.276 e. The molecular formula is C15H16N2O3. The van der Waals surface area contributed by atoms with Gasteiger partial charge in [-0.25, -0.2) is 0 Å². The van der Waals surface area contributed by atoms with Gasteiger partial charge >= 0.3 is 0 Å². The standard InChI is InChI=1S/C15H16N2O3/c1-15(19)7-8-17(10-15)14(18)12-9-13(20-16-12)11-5-3-2-4-6-11/h2-6,9,19H,7-8,10H2,1H3. The fourth-order valence-electron chi connectivity index (χ4n) is 2.39. The number of carbonyl (C=O) groups is 1. The van der Waals surface area contributed by atoms with Crippen LogP contribution >= 0.6 is 0 Å². The molecule has 0 saturated carbocycles. The number of aliphatic hydroxyl groups is 1. The molecule has 2 heterocycles. The number of hydrogen-bond donors (Lipinski definition) is 1. The molecule has 0 spiro atoms. The zero-order valence-electron chi connectivity index (χ0n) is 11.2. The summed E-state index contributed by atoms with van der Waals surface area (Å²) in [6.07, 6.45) is 0.585. The topological polar surface area (TPSA) is 66.6 Å². The molecule has 1 aromatic carbocycles. The van der Waals surface area contributed by atoms with Crippen molar-refractivity contribution in [3.8, 4) is 11.3 Å². The van der Waals surface area contributed by atoms with E-state index in [0.717, 1.165) is 5.56 Å². The number of amides is 1. The maximum Gasteiger partial charge on any atom is 0.276 e. The number of β-amino-alcohol motifs (C(OH)–C–C–N with tert-alkyl or cyclic N) is 1. The Bertz CT molecular complexity index is 619. The lowest BCUT2D eigenvalue weighted by molar-refractivity contribution is 0.0566. The van der Waals surface area contributed by atoms with Crippen LogP contribution in [0, 0.1) is 0 Å². The normalized spacial score (nSPS) is 22.2. The van der Waals surface area contributed by atoms with Gasteiger partial charge in [0.15, 0.2) is 11.5 Å². The number of aromatic nitrogens is 1. The lowest BCUT2D eigenvalue weighted by Crippen LogP contribution is -2.34. The lowest BCUT2D eigenvalue weighted by Gasteiger charge is -2.17. The SMILES string of the molecule is CC1(O)CCN(C(=O)c2cc(-c3ccccc3)on2)C1. The van der Waals surface area contributed by atoms with E-state index in [9.17, 15) is 9.90 Å². The molecule has 1 aliphatic rings. The zero-order valence-corrected chi connectivity index (χ0v) is 11.2. The predicted octanol–water partition coefficient (Wildman–Crippen LogP) is 1.94. The first-order valence-electron chi connectivity index (χ1n) is 6.59. The second-order valence-electron chi connectivity index (χ2n) is 5.42. The van der Waals surface area contributed by atoms with Crippen molar-refractivity contribution in [2.75, 3.05) is 13.1 Å². The third kappa shape index (κ3) is 2.44. The van der Waals surface area contributed by atoms with E-state index in [1.807, 2.05) is 30.3 Å². The Morgan fingerprint density at radius 2 is 2.15 bits per heavy atom. The molecule has 104 valence electrons. The van der Waals surface area contributed by atoms with Gasteiger partial charge in [0.05, 0.1) is 5.60 Å². The van der Waals surface area contributed by atoms with E-state index in [1.165, 1.54) is 0 Å². The Morgan fingerprint density at radius 3 is 2.80 bits per heavy atom. The molecule has 3 rings (SSSR count). The molecule has 1 saturated heterocycles. The van der Waals surface area contributed by atoms with Crippen LogP contribution < -0.4 is 0 Å². The van der Waals surface area contributed by atoms with Crippen LogP contribution in [0.15, 0.2) is 40.9 Å². The monoisotopic (exact) mass is 272 g/mol. The van der Waals surface area contributed by atoms with Gasteiger partial charge in [-0.2, -0.15) is 0 Å². The van der Waals surface area contributed by atoms with Crippen molar-refractivity contribution >= 4 is 5.91 Å². The first kappa shape index (κ1) is 12.9. The third-order valence-corrected chi connectivity index (χ3v) is 3.53. The van der Waals surface area contributed by atoms with Crippen molar-refractivity contribution in [1.29, 1.82) is 0 Å². The Morgan fingerprint density at radius 1 is 1.40 bits per heavy atom. The average Bonchev–Trinajstić information content (AvgIpc) is 3.05. The molecule has 1 amide bonds. The average molecular weight is 272 g/mol. The number of nitrogens with zero attached hydrogens (tertiary/aromatic N) is 2. The van der Waals surface area contributed by atoms with Gasteiger partial charge in [0.1, 0.15) is 0 Å². The summed E-state index contributed by atoms with van der Waals surface area (Å²) < 4.78 is 5.22. The van der Waals surface area contributed by atoms with Crippen molar-refractivity contribution in [2.24, 2.45) is 0 Å². The van der Waals surface area contributed by atoms with Gasteiger partial charge in [-0.3, -0.25) is 4.79 Å². The van der Waals surface area contributed by atoms with Gasteiger partial charge in [0.2, 0.25) is 0 Å². The molecule has 5 heteroatoms. The van der Waals surface area contributed by atoms with Gasteiger partial charge < -0.3 is 14.5 Å². The van der Waals surface area contributed by atoms with Crippen molar-refractivity contribution in [3.05, 3.63) is 42.1 Å². The molecule has 1 aliphatic heterocycles. The van der Waals surface area contributed by atoms with E-state index >= 15 is 0 Å². The van der Waals surface area contributed by atoms with E-state index in [4.69, 9.17) is 4.52 Å². The first-order valence-corrected chi connectivity index (χ1v) is 6.59. The number of carbonyl (C=O) groups excluding carboxylic acids is 1. The van der Waals surface area contributed by atoms with Crippen LogP contribution in [0.1, 0.15) is 23.8 Å². The summed E-state index contributed by atoms with van der Waals surface area (Å²) in [7, 11) is 0. The maximum absolute atomic E-state index is 12.3. The van der Waals surface area contributed by atoms with Crippen LogP contribution in [0.5, 0.6) is 0 Å². The molecule has 5 nitrogen and oxygen atoms in total. The van der Waals surface area contributed by atoms with Crippen LogP contribution in [0.25, 0.3) is 11.3 Å². The maximum atomic E-state index is 12.3. The Kier molecular flexibility index (Phi) is 3.06. The summed E-state index contributed by atoms with van der Waals surface area (Å²) in [5.41, 5.74) is 0.357. The minimum atomic E-state index is -0.804. The Labute approximate surface area is 116 Å². The summed E-state index contributed by atoms with van der Waals surface area (Å²) >= 11 is 0. The molecule has 20 heavy (non-hydrogen) atoms. The van der Waals surface area contributed by atoms with E-state index in [-0.39, 0.29) is 11.6 Å². The molecule has 0 bridgehead atoms. The minimum Gasteiger partial charge on any atom is -0.388 e. The third-order valence-electron chi connectivity index (χ3n) is 3.53. The van der Waals surface area contributed by atoms with Crippen molar-refractivity contribution in [2.45, 2.75) is 18.9 Å². The predicted molar refractivity (Wildman–Crippen MR) is 73.1 cm³/mol. The zero-order chi connectivity index (χ0) is 14.2. The Hall–Kier alpha value is -2.14. The molecule has 0 radical (unpaired) electrons. The van der Waals surface area contributed by atoms with E-state index in [1.54, 1.807) is 17.9 Å².